The molecule has 1 heterocycles. The average molecular weight is 452 g/mol. The zero-order chi connectivity index (χ0) is 23.1. The number of hydrogen-bond acceptors (Lipinski definition) is 6. The van der Waals surface area contributed by atoms with Crippen molar-refractivity contribution in [2.75, 3.05) is 37.9 Å². The summed E-state index contributed by atoms with van der Waals surface area (Å²) < 4.78 is 5.75. The van der Waals surface area contributed by atoms with Crippen molar-refractivity contribution < 1.29 is 9.53 Å². The van der Waals surface area contributed by atoms with Gasteiger partial charge < -0.3 is 20.3 Å². The van der Waals surface area contributed by atoms with Crippen LogP contribution >= 0.6 is 11.6 Å². The third kappa shape index (κ3) is 5.88. The van der Waals surface area contributed by atoms with E-state index in [-0.39, 0.29) is 5.91 Å². The molecule has 166 valence electrons. The minimum absolute atomic E-state index is 0.0964. The lowest BCUT2D eigenvalue weighted by atomic mass is 10.1. The van der Waals surface area contributed by atoms with Gasteiger partial charge >= 0.3 is 0 Å². The Morgan fingerprint density at radius 1 is 1.28 bits per heavy atom. The van der Waals surface area contributed by atoms with Gasteiger partial charge in [0.15, 0.2) is 0 Å². The van der Waals surface area contributed by atoms with Crippen LogP contribution in [0.15, 0.2) is 42.6 Å². The monoisotopic (exact) mass is 451 g/mol. The van der Waals surface area contributed by atoms with E-state index in [0.717, 1.165) is 18.7 Å². The molecule has 0 unspecified atom stereocenters. The fraction of sp³-hybridized carbons (Fsp3) is 0.292. The SMILES string of the molecule is CCOc1cc2ncc(C#N)c(Nc3cccc(Cl)c3)c2cc1NC(=O)CCCN(C)C. The Kier molecular flexibility index (Phi) is 7.87. The number of pyridine rings is 1. The summed E-state index contributed by atoms with van der Waals surface area (Å²) in [5, 5.41) is 17.2. The fourth-order valence-electron chi connectivity index (χ4n) is 3.29. The number of benzene rings is 2. The summed E-state index contributed by atoms with van der Waals surface area (Å²) in [6.45, 7) is 3.15. The smallest absolute Gasteiger partial charge is 0.224 e. The van der Waals surface area contributed by atoms with E-state index in [1.165, 1.54) is 6.20 Å². The van der Waals surface area contributed by atoms with Gasteiger partial charge in [-0.2, -0.15) is 5.26 Å². The molecule has 3 rings (SSSR count). The van der Waals surface area contributed by atoms with Gasteiger partial charge in [0.25, 0.3) is 0 Å². The lowest BCUT2D eigenvalue weighted by Crippen LogP contribution is -2.17. The minimum Gasteiger partial charge on any atom is -0.492 e. The van der Waals surface area contributed by atoms with Crippen LogP contribution in [0.1, 0.15) is 25.3 Å². The highest BCUT2D eigenvalue weighted by molar-refractivity contribution is 6.30. The van der Waals surface area contributed by atoms with Crippen molar-refractivity contribution in [2.24, 2.45) is 0 Å². The molecule has 0 bridgehead atoms. The van der Waals surface area contributed by atoms with Crippen molar-refractivity contribution in [1.82, 2.24) is 9.88 Å². The third-order valence-corrected chi connectivity index (χ3v) is 5.00. The molecule has 7 nitrogen and oxygen atoms in total. The average Bonchev–Trinajstić information content (AvgIpc) is 2.74. The maximum atomic E-state index is 12.5. The highest BCUT2D eigenvalue weighted by Crippen LogP contribution is 2.36. The maximum absolute atomic E-state index is 12.5. The Bertz CT molecular complexity index is 1160. The molecule has 0 aliphatic carbocycles. The highest BCUT2D eigenvalue weighted by Gasteiger charge is 2.16. The number of nitriles is 1. The summed E-state index contributed by atoms with van der Waals surface area (Å²) in [5.74, 6) is 0.438. The topological polar surface area (TPSA) is 90.3 Å². The number of rotatable bonds is 9. The molecule has 0 aliphatic heterocycles. The molecule has 1 aromatic heterocycles. The fourth-order valence-corrected chi connectivity index (χ4v) is 3.48. The van der Waals surface area contributed by atoms with E-state index < -0.39 is 0 Å². The van der Waals surface area contributed by atoms with Gasteiger partial charge in [-0.25, -0.2) is 0 Å². The quantitative estimate of drug-likeness (QED) is 0.465. The lowest BCUT2D eigenvalue weighted by Gasteiger charge is -2.16. The van der Waals surface area contributed by atoms with Crippen LogP contribution in [0.4, 0.5) is 17.1 Å². The molecule has 0 spiro atoms. The van der Waals surface area contributed by atoms with Crippen LogP contribution in [0, 0.1) is 11.3 Å². The largest absolute Gasteiger partial charge is 0.492 e. The summed E-state index contributed by atoms with van der Waals surface area (Å²) in [4.78, 5) is 19.0. The number of halogens is 1. The van der Waals surface area contributed by atoms with Crippen molar-refractivity contribution >= 4 is 45.5 Å². The second kappa shape index (κ2) is 10.8. The van der Waals surface area contributed by atoms with Crippen molar-refractivity contribution in [2.45, 2.75) is 19.8 Å². The third-order valence-electron chi connectivity index (χ3n) is 4.77. The molecule has 0 radical (unpaired) electrons. The Morgan fingerprint density at radius 2 is 2.09 bits per heavy atom. The molecule has 0 aliphatic rings. The van der Waals surface area contributed by atoms with Crippen LogP contribution in [0.2, 0.25) is 5.02 Å². The molecule has 0 fully saturated rings. The number of amides is 1. The lowest BCUT2D eigenvalue weighted by molar-refractivity contribution is -0.116. The van der Waals surface area contributed by atoms with Gasteiger partial charge in [0.05, 0.1) is 29.1 Å². The maximum Gasteiger partial charge on any atom is 0.224 e. The second-order valence-corrected chi connectivity index (χ2v) is 7.98. The minimum atomic E-state index is -0.0964. The first-order chi connectivity index (χ1) is 15.4. The summed E-state index contributed by atoms with van der Waals surface area (Å²) in [6, 6.07) is 13.0. The number of carbonyl (C=O) groups excluding carboxylic acids is 1. The van der Waals surface area contributed by atoms with Crippen LogP contribution < -0.4 is 15.4 Å². The number of carbonyl (C=O) groups is 1. The summed E-state index contributed by atoms with van der Waals surface area (Å²) in [5.41, 5.74) is 2.89. The molecule has 1 amide bonds. The molecular formula is C24H26ClN5O2. The second-order valence-electron chi connectivity index (χ2n) is 7.55. The Labute approximate surface area is 193 Å². The highest BCUT2D eigenvalue weighted by atomic mass is 35.5. The number of aromatic nitrogens is 1. The number of anilines is 3. The van der Waals surface area contributed by atoms with Crippen LogP contribution in [0.25, 0.3) is 10.9 Å². The molecule has 3 aromatic rings. The van der Waals surface area contributed by atoms with Gasteiger partial charge in [0.1, 0.15) is 11.8 Å². The van der Waals surface area contributed by atoms with E-state index in [1.807, 2.05) is 38.1 Å². The van der Waals surface area contributed by atoms with Gasteiger partial charge in [-0.15, -0.1) is 0 Å². The normalized spacial score (nSPS) is 10.8. The zero-order valence-corrected chi connectivity index (χ0v) is 19.2. The van der Waals surface area contributed by atoms with E-state index >= 15 is 0 Å². The molecule has 2 N–H and O–H groups in total. The number of ether oxygens (including phenoxy) is 1. The Morgan fingerprint density at radius 3 is 2.78 bits per heavy atom. The molecule has 0 atom stereocenters. The summed E-state index contributed by atoms with van der Waals surface area (Å²) >= 11 is 6.12. The van der Waals surface area contributed by atoms with E-state index in [4.69, 9.17) is 16.3 Å². The Balaban J connectivity index is 2.02. The predicted molar refractivity (Wildman–Crippen MR) is 129 cm³/mol. The standard InChI is InChI=1S/C24H26ClN5O2/c1-4-32-22-13-20-19(12-21(22)29-23(31)9-6-10-30(2)3)24(16(14-26)15-27-20)28-18-8-5-7-17(25)11-18/h5,7-8,11-13,15H,4,6,9-10H2,1-3H3,(H,27,28)(H,29,31). The van der Waals surface area contributed by atoms with Gasteiger partial charge in [0, 0.05) is 34.8 Å². The van der Waals surface area contributed by atoms with E-state index in [9.17, 15) is 10.1 Å². The number of fused-ring (bicyclic) bond motifs is 1. The number of hydrogen-bond donors (Lipinski definition) is 2. The summed E-state index contributed by atoms with van der Waals surface area (Å²) in [6.07, 6.45) is 2.66. The van der Waals surface area contributed by atoms with Crippen LogP contribution in [0.5, 0.6) is 5.75 Å². The number of nitrogens with zero attached hydrogens (tertiary/aromatic N) is 3. The van der Waals surface area contributed by atoms with Crippen molar-refractivity contribution in [3.8, 4) is 11.8 Å². The number of nitrogens with one attached hydrogen (secondary N) is 2. The van der Waals surface area contributed by atoms with Gasteiger partial charge in [-0.1, -0.05) is 17.7 Å². The molecule has 2 aromatic carbocycles. The summed E-state index contributed by atoms with van der Waals surface area (Å²) in [7, 11) is 3.95. The van der Waals surface area contributed by atoms with Crippen LogP contribution in [-0.2, 0) is 4.79 Å². The van der Waals surface area contributed by atoms with Crippen LogP contribution in [0.3, 0.4) is 0 Å². The van der Waals surface area contributed by atoms with Gasteiger partial charge in [0.2, 0.25) is 5.91 Å². The Hall–Kier alpha value is -3.34. The van der Waals surface area contributed by atoms with E-state index in [1.54, 1.807) is 24.3 Å². The van der Waals surface area contributed by atoms with Crippen LogP contribution in [-0.4, -0.2) is 43.0 Å². The molecule has 0 saturated carbocycles. The van der Waals surface area contributed by atoms with Crippen molar-refractivity contribution in [3.63, 3.8) is 0 Å². The molecular weight excluding hydrogens is 426 g/mol. The first-order valence-corrected chi connectivity index (χ1v) is 10.8. The van der Waals surface area contributed by atoms with Gasteiger partial charge in [-0.3, -0.25) is 9.78 Å². The van der Waals surface area contributed by atoms with E-state index in [0.29, 0.717) is 51.6 Å². The molecule has 32 heavy (non-hydrogen) atoms. The zero-order valence-electron chi connectivity index (χ0n) is 18.4. The molecule has 8 heteroatoms. The first kappa shape index (κ1) is 23.3. The van der Waals surface area contributed by atoms with Crippen molar-refractivity contribution in [3.05, 3.63) is 53.2 Å². The predicted octanol–water partition coefficient (Wildman–Crippen LogP) is 5.18. The first-order valence-electron chi connectivity index (χ1n) is 10.4. The molecule has 0 saturated heterocycles. The van der Waals surface area contributed by atoms with Gasteiger partial charge in [-0.05, 0) is 58.3 Å². The van der Waals surface area contributed by atoms with Crippen molar-refractivity contribution in [1.29, 1.82) is 5.26 Å². The van der Waals surface area contributed by atoms with E-state index in [2.05, 4.69) is 21.7 Å².